The zero-order chi connectivity index (χ0) is 19.2. The van der Waals surface area contributed by atoms with Gasteiger partial charge >= 0.3 is 0 Å². The molecule has 0 fully saturated rings. The van der Waals surface area contributed by atoms with Crippen molar-refractivity contribution in [2.24, 2.45) is 11.3 Å². The second-order valence-corrected chi connectivity index (χ2v) is 8.11. The molecule has 1 aliphatic carbocycles. The molecule has 0 aliphatic heterocycles. The molecule has 0 spiro atoms. The molecule has 0 radical (unpaired) electrons. The Labute approximate surface area is 159 Å². The summed E-state index contributed by atoms with van der Waals surface area (Å²) < 4.78 is 17.3. The molecule has 1 aliphatic rings. The largest absolute Gasteiger partial charge is 0.497 e. The monoisotopic (exact) mass is 360 g/mol. The van der Waals surface area contributed by atoms with Gasteiger partial charge in [0, 0.05) is 0 Å². The molecule has 1 aromatic carbocycles. The van der Waals surface area contributed by atoms with Gasteiger partial charge in [0.1, 0.15) is 5.75 Å². The lowest BCUT2D eigenvalue weighted by Crippen LogP contribution is -2.23. The van der Waals surface area contributed by atoms with Crippen LogP contribution in [-0.4, -0.2) is 19.5 Å². The highest BCUT2D eigenvalue weighted by Crippen LogP contribution is 2.41. The van der Waals surface area contributed by atoms with Gasteiger partial charge in [-0.1, -0.05) is 51.5 Å². The molecule has 146 valence electrons. The lowest BCUT2D eigenvalue weighted by Gasteiger charge is -2.31. The van der Waals surface area contributed by atoms with Crippen LogP contribution in [0.3, 0.4) is 0 Å². The molecular formula is C23H36O3. The van der Waals surface area contributed by atoms with Crippen LogP contribution in [0.15, 0.2) is 35.9 Å². The number of benzene rings is 1. The van der Waals surface area contributed by atoms with Crippen LogP contribution in [0.5, 0.6) is 5.75 Å². The third kappa shape index (κ3) is 5.85. The maximum atomic E-state index is 6.20. The Morgan fingerprint density at radius 3 is 2.46 bits per heavy atom. The van der Waals surface area contributed by atoms with Crippen LogP contribution in [-0.2, 0) is 16.1 Å². The Morgan fingerprint density at radius 2 is 1.85 bits per heavy atom. The lowest BCUT2D eigenvalue weighted by molar-refractivity contribution is -0.167. The van der Waals surface area contributed by atoms with Crippen molar-refractivity contribution in [1.82, 2.24) is 0 Å². The molecule has 0 heterocycles. The minimum absolute atomic E-state index is 0.205. The van der Waals surface area contributed by atoms with Gasteiger partial charge in [-0.15, -0.1) is 0 Å². The maximum absolute atomic E-state index is 6.20. The van der Waals surface area contributed by atoms with Crippen molar-refractivity contribution in [3.63, 3.8) is 0 Å². The number of methoxy groups -OCH3 is 1. The van der Waals surface area contributed by atoms with E-state index < -0.39 is 0 Å². The van der Waals surface area contributed by atoms with E-state index in [4.69, 9.17) is 14.2 Å². The molecule has 26 heavy (non-hydrogen) atoms. The molecule has 0 saturated carbocycles. The van der Waals surface area contributed by atoms with Crippen molar-refractivity contribution in [3.05, 3.63) is 41.5 Å². The Morgan fingerprint density at radius 1 is 1.15 bits per heavy atom. The third-order valence-corrected chi connectivity index (χ3v) is 5.64. The van der Waals surface area contributed by atoms with E-state index in [1.165, 1.54) is 12.8 Å². The van der Waals surface area contributed by atoms with Crippen molar-refractivity contribution in [1.29, 1.82) is 0 Å². The normalized spacial score (nSPS) is 22.2. The Balaban J connectivity index is 1.86. The standard InChI is InChI=1S/C23H36O3/c1-7-17(2)22-13-12-21(14-15-23(22,4)5)26-18(3)25-16-19-8-10-20(24-6)11-9-19/h8-11,13,17-18,21H,7,12,14-16H2,1-6H3. The highest BCUT2D eigenvalue weighted by Gasteiger charge is 2.30. The fourth-order valence-electron chi connectivity index (χ4n) is 3.78. The molecule has 0 aromatic heterocycles. The smallest absolute Gasteiger partial charge is 0.155 e. The average molecular weight is 361 g/mol. The van der Waals surface area contributed by atoms with Gasteiger partial charge in [-0.3, -0.25) is 0 Å². The van der Waals surface area contributed by atoms with Crippen LogP contribution in [0.1, 0.15) is 65.9 Å². The number of allylic oxidation sites excluding steroid dienone is 1. The fourth-order valence-corrected chi connectivity index (χ4v) is 3.78. The number of hydrogen-bond acceptors (Lipinski definition) is 3. The van der Waals surface area contributed by atoms with Crippen molar-refractivity contribution in [3.8, 4) is 5.75 Å². The number of hydrogen-bond donors (Lipinski definition) is 0. The Hall–Kier alpha value is -1.32. The molecule has 3 atom stereocenters. The second-order valence-electron chi connectivity index (χ2n) is 8.11. The maximum Gasteiger partial charge on any atom is 0.155 e. The quantitative estimate of drug-likeness (QED) is 0.412. The predicted octanol–water partition coefficient (Wildman–Crippen LogP) is 6.13. The van der Waals surface area contributed by atoms with Gasteiger partial charge in [-0.2, -0.15) is 0 Å². The summed E-state index contributed by atoms with van der Waals surface area (Å²) in [7, 11) is 1.68. The topological polar surface area (TPSA) is 27.7 Å². The predicted molar refractivity (Wildman–Crippen MR) is 107 cm³/mol. The van der Waals surface area contributed by atoms with Gasteiger partial charge in [0.2, 0.25) is 0 Å². The minimum Gasteiger partial charge on any atom is -0.497 e. The van der Waals surface area contributed by atoms with Crippen molar-refractivity contribution >= 4 is 0 Å². The lowest BCUT2D eigenvalue weighted by atomic mass is 9.75. The van der Waals surface area contributed by atoms with E-state index in [2.05, 4.69) is 33.8 Å². The number of rotatable bonds is 8. The van der Waals surface area contributed by atoms with E-state index in [-0.39, 0.29) is 17.8 Å². The van der Waals surface area contributed by atoms with Crippen LogP contribution in [0.2, 0.25) is 0 Å². The van der Waals surface area contributed by atoms with Gasteiger partial charge in [-0.25, -0.2) is 0 Å². The van der Waals surface area contributed by atoms with E-state index in [1.807, 2.05) is 31.2 Å². The summed E-state index contributed by atoms with van der Waals surface area (Å²) in [5, 5.41) is 0. The van der Waals surface area contributed by atoms with Gasteiger partial charge < -0.3 is 14.2 Å². The average Bonchev–Trinajstić information content (AvgIpc) is 2.78. The van der Waals surface area contributed by atoms with Gasteiger partial charge in [0.05, 0.1) is 19.8 Å². The summed E-state index contributed by atoms with van der Waals surface area (Å²) in [5.74, 6) is 1.51. The summed E-state index contributed by atoms with van der Waals surface area (Å²) >= 11 is 0. The fraction of sp³-hybridized carbons (Fsp3) is 0.652. The summed E-state index contributed by atoms with van der Waals surface area (Å²) in [4.78, 5) is 0. The molecule has 3 nitrogen and oxygen atoms in total. The summed E-state index contributed by atoms with van der Waals surface area (Å²) in [5.41, 5.74) is 2.99. The summed E-state index contributed by atoms with van der Waals surface area (Å²) in [6.07, 6.45) is 6.90. The zero-order valence-corrected chi connectivity index (χ0v) is 17.4. The molecule has 1 aromatic rings. The molecule has 0 saturated heterocycles. The first-order valence-electron chi connectivity index (χ1n) is 9.96. The van der Waals surface area contributed by atoms with E-state index in [0.717, 1.165) is 24.2 Å². The Bertz CT molecular complexity index is 574. The number of ether oxygens (including phenoxy) is 3. The van der Waals surface area contributed by atoms with Crippen LogP contribution in [0.4, 0.5) is 0 Å². The molecule has 3 heteroatoms. The van der Waals surface area contributed by atoms with Crippen LogP contribution in [0.25, 0.3) is 0 Å². The summed E-state index contributed by atoms with van der Waals surface area (Å²) in [6.45, 7) is 11.9. The Kier molecular flexibility index (Phi) is 7.72. The van der Waals surface area contributed by atoms with Gasteiger partial charge in [0.15, 0.2) is 6.29 Å². The zero-order valence-electron chi connectivity index (χ0n) is 17.4. The SMILES string of the molecule is CCC(C)C1=CCC(OC(C)OCc2ccc(OC)cc2)CCC1(C)C. The molecule has 0 bridgehead atoms. The highest BCUT2D eigenvalue weighted by atomic mass is 16.7. The van der Waals surface area contributed by atoms with Crippen molar-refractivity contribution in [2.75, 3.05) is 7.11 Å². The van der Waals surface area contributed by atoms with Crippen molar-refractivity contribution < 1.29 is 14.2 Å². The van der Waals surface area contributed by atoms with E-state index in [1.54, 1.807) is 12.7 Å². The first-order chi connectivity index (χ1) is 12.4. The van der Waals surface area contributed by atoms with E-state index >= 15 is 0 Å². The van der Waals surface area contributed by atoms with Gasteiger partial charge in [0.25, 0.3) is 0 Å². The van der Waals surface area contributed by atoms with Crippen LogP contribution in [0, 0.1) is 11.3 Å². The van der Waals surface area contributed by atoms with Crippen LogP contribution < -0.4 is 4.74 Å². The van der Waals surface area contributed by atoms with Gasteiger partial charge in [-0.05, 0) is 61.6 Å². The molecular weight excluding hydrogens is 324 g/mol. The second kappa shape index (κ2) is 9.57. The third-order valence-electron chi connectivity index (χ3n) is 5.64. The van der Waals surface area contributed by atoms with E-state index in [0.29, 0.717) is 12.5 Å². The molecule has 0 N–H and O–H groups in total. The first-order valence-corrected chi connectivity index (χ1v) is 9.96. The minimum atomic E-state index is -0.205. The molecule has 3 unspecified atom stereocenters. The van der Waals surface area contributed by atoms with E-state index in [9.17, 15) is 0 Å². The summed E-state index contributed by atoms with van der Waals surface area (Å²) in [6, 6.07) is 7.97. The molecule has 0 amide bonds. The molecule has 2 rings (SSSR count). The highest BCUT2D eigenvalue weighted by molar-refractivity contribution is 5.26. The van der Waals surface area contributed by atoms with Crippen LogP contribution >= 0.6 is 0 Å². The van der Waals surface area contributed by atoms with Crippen molar-refractivity contribution in [2.45, 2.75) is 79.3 Å². The first kappa shape index (κ1) is 21.0.